The Labute approximate surface area is 545 Å². The predicted molar refractivity (Wildman–Crippen MR) is 387 cm³/mol. The summed E-state index contributed by atoms with van der Waals surface area (Å²) in [5, 5.41) is 7.42. The van der Waals surface area contributed by atoms with Crippen LogP contribution in [-0.4, -0.2) is 47.5 Å². The van der Waals surface area contributed by atoms with Gasteiger partial charge in [0.15, 0.2) is 0 Å². The second-order valence-corrected chi connectivity index (χ2v) is 27.1. The van der Waals surface area contributed by atoms with Crippen molar-refractivity contribution >= 4 is 88.5 Å². The third kappa shape index (κ3) is 12.6. The molecule has 0 saturated carbocycles. The number of hydrogen-bond donors (Lipinski definition) is 0. The molecule has 12 aromatic rings. The van der Waals surface area contributed by atoms with E-state index in [4.69, 9.17) is 28.9 Å². The van der Waals surface area contributed by atoms with Crippen molar-refractivity contribution in [2.24, 2.45) is 0 Å². The van der Waals surface area contributed by atoms with Crippen molar-refractivity contribution in [3.05, 3.63) is 181 Å². The van der Waals surface area contributed by atoms with Gasteiger partial charge < -0.3 is 37.9 Å². The summed E-state index contributed by atoms with van der Waals surface area (Å²) in [5.74, 6) is 5.23. The lowest BCUT2D eigenvalue weighted by Gasteiger charge is -2.26. The maximum atomic E-state index is 5.99. The van der Waals surface area contributed by atoms with Crippen molar-refractivity contribution in [3.8, 4) is 45.8 Å². The van der Waals surface area contributed by atoms with Crippen molar-refractivity contribution in [3.63, 3.8) is 0 Å². The number of imidazole rings is 2. The molecule has 0 radical (unpaired) electrons. The first-order valence-electron chi connectivity index (χ1n) is 33.6. The van der Waals surface area contributed by atoms with Gasteiger partial charge in [-0.05, 0) is 205 Å². The van der Waals surface area contributed by atoms with Crippen molar-refractivity contribution in [2.75, 3.05) is 38.2 Å². The number of nitrogens with zero attached hydrogens (tertiary/aromatic N) is 6. The Morgan fingerprint density at radius 3 is 0.880 bits per heavy atom. The maximum absolute atomic E-state index is 5.99. The lowest BCUT2D eigenvalue weighted by atomic mass is 9.80. The molecular weight excluding hydrogens is 1130 g/mol. The van der Waals surface area contributed by atoms with Crippen LogP contribution in [0.25, 0.3) is 77.2 Å². The number of ether oxygens (including phenoxy) is 4. The van der Waals surface area contributed by atoms with E-state index in [1.54, 1.807) is 28.4 Å². The molecule has 2 heterocycles. The number of aryl methyl sites for hydroxylation is 2. The molecule has 0 atom stereocenters. The van der Waals surface area contributed by atoms with Crippen molar-refractivity contribution < 1.29 is 18.9 Å². The summed E-state index contributed by atoms with van der Waals surface area (Å²) in [7, 11) is 6.84. The molecule has 92 heavy (non-hydrogen) atoms. The molecule has 0 amide bonds. The van der Waals surface area contributed by atoms with Crippen LogP contribution >= 0.6 is 0 Å². The first-order chi connectivity index (χ1) is 44.6. The zero-order valence-electron chi connectivity index (χ0n) is 56.4. The highest BCUT2D eigenvalue weighted by Gasteiger charge is 2.30. The molecular formula is C82H92N6O4. The van der Waals surface area contributed by atoms with Gasteiger partial charge in [0.1, 0.15) is 34.6 Å². The summed E-state index contributed by atoms with van der Waals surface area (Å²) in [6.07, 6.45) is 14.3. The third-order valence-electron chi connectivity index (χ3n) is 18.8. The standard InChI is InChI=1S/C82H92N6O4/c1-13-15-17-19-21-23-49-85-77-71-53-58(82(6,7)8)54-72-74(71)73-69(75(77)83-79(85)55-25-29-59(30-26-55)87(61-33-41-65(89-9)42-34-61)62-35-43-66(90-10)44-36-62)51-57(81(3,4)5)52-70(73)76-78(72)86(50-24-22-20-18-16-14-2)80(84-76)56-27-31-60(32-28-56)88(63-37-45-67(91-11)46-38-63)64-39-47-68(92-12)48-40-64/h25-48,51-54H,13-24,49-50H2,1-12H3. The van der Waals surface area contributed by atoms with Crippen LogP contribution in [0.2, 0.25) is 0 Å². The number of unbranched alkanes of at least 4 members (excludes halogenated alkanes) is 10. The highest BCUT2D eigenvalue weighted by molar-refractivity contribution is 6.39. The first-order valence-corrected chi connectivity index (χ1v) is 33.6. The number of rotatable bonds is 26. The summed E-state index contributed by atoms with van der Waals surface area (Å²) in [6, 6.07) is 61.3. The molecule has 0 saturated heterocycles. The van der Waals surface area contributed by atoms with Crippen LogP contribution in [0, 0.1) is 0 Å². The Morgan fingerprint density at radius 1 is 0.337 bits per heavy atom. The van der Waals surface area contributed by atoms with Gasteiger partial charge in [0.2, 0.25) is 0 Å². The van der Waals surface area contributed by atoms with Gasteiger partial charge >= 0.3 is 0 Å². The van der Waals surface area contributed by atoms with E-state index in [1.807, 2.05) is 48.5 Å². The van der Waals surface area contributed by atoms with Crippen LogP contribution in [0.1, 0.15) is 144 Å². The van der Waals surface area contributed by atoms with E-state index < -0.39 is 0 Å². The Hall–Kier alpha value is -9.02. The molecule has 0 unspecified atom stereocenters. The Bertz CT molecular complexity index is 4090. The van der Waals surface area contributed by atoms with Gasteiger partial charge in [-0.15, -0.1) is 0 Å². The van der Waals surface area contributed by atoms with E-state index in [1.165, 1.54) is 106 Å². The number of fused-ring (bicyclic) bond motifs is 6. The molecule has 0 aliphatic carbocycles. The predicted octanol–water partition coefficient (Wildman–Crippen LogP) is 22.9. The van der Waals surface area contributed by atoms with Gasteiger partial charge in [-0.3, -0.25) is 0 Å². The third-order valence-corrected chi connectivity index (χ3v) is 18.8. The lowest BCUT2D eigenvalue weighted by Crippen LogP contribution is -2.12. The molecule has 0 fully saturated rings. The topological polar surface area (TPSA) is 79.0 Å². The van der Waals surface area contributed by atoms with Gasteiger partial charge in [0.25, 0.3) is 0 Å². The smallest absolute Gasteiger partial charge is 0.141 e. The van der Waals surface area contributed by atoms with E-state index in [0.29, 0.717) is 0 Å². The minimum atomic E-state index is -0.179. The summed E-state index contributed by atoms with van der Waals surface area (Å²) < 4.78 is 27.7. The van der Waals surface area contributed by atoms with Gasteiger partial charge in [0.05, 0.1) is 50.5 Å². The zero-order valence-corrected chi connectivity index (χ0v) is 56.4. The quantitative estimate of drug-likeness (QED) is 0.0392. The molecule has 0 N–H and O–H groups in total. The number of methoxy groups -OCH3 is 4. The number of hydrogen-bond acceptors (Lipinski definition) is 8. The fourth-order valence-electron chi connectivity index (χ4n) is 13.6. The highest BCUT2D eigenvalue weighted by atomic mass is 16.5. The van der Waals surface area contributed by atoms with E-state index in [2.05, 4.69) is 196 Å². The SMILES string of the molecule is CCCCCCCCn1c(-c2ccc(N(c3ccc(OC)cc3)c3ccc(OC)cc3)cc2)nc2c3cc(C(C)(C)C)cc4c5nc(-c6ccc(N(c7ccc(OC)cc7)c7ccc(OC)cc7)cc6)n(CCCCCCCC)c5c5cc(C(C)(C)C)cc(c5c34)c21. The van der Waals surface area contributed by atoms with Gasteiger partial charge in [-0.1, -0.05) is 120 Å². The molecule has 0 spiro atoms. The largest absolute Gasteiger partial charge is 0.497 e. The van der Waals surface area contributed by atoms with Crippen LogP contribution in [0.15, 0.2) is 170 Å². The lowest BCUT2D eigenvalue weighted by molar-refractivity contribution is 0.414. The first kappa shape index (κ1) is 63.1. The van der Waals surface area contributed by atoms with E-state index in [-0.39, 0.29) is 10.8 Å². The summed E-state index contributed by atoms with van der Waals surface area (Å²) >= 11 is 0. The Kier molecular flexibility index (Phi) is 18.6. The monoisotopic (exact) mass is 1220 g/mol. The summed E-state index contributed by atoms with van der Waals surface area (Å²) in [4.78, 5) is 16.6. The average molecular weight is 1230 g/mol. The van der Waals surface area contributed by atoms with Crippen molar-refractivity contribution in [1.82, 2.24) is 19.1 Å². The molecule has 10 aromatic carbocycles. The second kappa shape index (κ2) is 27.0. The number of benzene rings is 10. The zero-order chi connectivity index (χ0) is 64.3. The van der Waals surface area contributed by atoms with Crippen LogP contribution in [-0.2, 0) is 23.9 Å². The van der Waals surface area contributed by atoms with Crippen LogP contribution < -0.4 is 28.7 Å². The highest BCUT2D eigenvalue weighted by Crippen LogP contribution is 2.50. The van der Waals surface area contributed by atoms with Gasteiger partial charge in [-0.25, -0.2) is 9.97 Å². The summed E-state index contributed by atoms with van der Waals surface area (Å²) in [5.41, 5.74) is 15.1. The van der Waals surface area contributed by atoms with E-state index >= 15 is 0 Å². The van der Waals surface area contributed by atoms with Crippen LogP contribution in [0.3, 0.4) is 0 Å². The van der Waals surface area contributed by atoms with E-state index in [9.17, 15) is 0 Å². The second-order valence-electron chi connectivity index (χ2n) is 27.1. The van der Waals surface area contributed by atoms with Crippen LogP contribution in [0.5, 0.6) is 23.0 Å². The van der Waals surface area contributed by atoms with E-state index in [0.717, 1.165) is 130 Å². The normalized spacial score (nSPS) is 12.1. The molecule has 0 aliphatic heterocycles. The van der Waals surface area contributed by atoms with Crippen molar-refractivity contribution in [1.29, 1.82) is 0 Å². The van der Waals surface area contributed by atoms with Gasteiger partial charge in [-0.2, -0.15) is 0 Å². The fraction of sp³-hybridized carbons (Fsp3) is 0.341. The molecule has 2 aromatic heterocycles. The summed E-state index contributed by atoms with van der Waals surface area (Å²) in [6.45, 7) is 20.4. The Morgan fingerprint density at radius 2 is 0.598 bits per heavy atom. The number of aromatic nitrogens is 4. The molecule has 10 heteroatoms. The molecule has 0 aliphatic rings. The molecule has 12 rings (SSSR count). The fourth-order valence-corrected chi connectivity index (χ4v) is 13.6. The van der Waals surface area contributed by atoms with Gasteiger partial charge in [0, 0.05) is 90.7 Å². The van der Waals surface area contributed by atoms with Crippen LogP contribution in [0.4, 0.5) is 34.1 Å². The molecule has 10 nitrogen and oxygen atoms in total. The maximum Gasteiger partial charge on any atom is 0.141 e. The Balaban J connectivity index is 1.10. The average Bonchev–Trinajstić information content (AvgIpc) is 1.37. The molecule has 474 valence electrons. The van der Waals surface area contributed by atoms with Crippen molar-refractivity contribution in [2.45, 2.75) is 156 Å². The minimum absolute atomic E-state index is 0.173. The molecule has 0 bridgehead atoms. The number of anilines is 6. The minimum Gasteiger partial charge on any atom is -0.497 e.